The number of halogens is 1. The van der Waals surface area contributed by atoms with Crippen LogP contribution in [-0.4, -0.2) is 48.4 Å². The summed E-state index contributed by atoms with van der Waals surface area (Å²) in [5.41, 5.74) is 6.42. The summed E-state index contributed by atoms with van der Waals surface area (Å²) in [6, 6.07) is 8.06. The SMILES string of the molecule is NCC(=O)NC[C@@H]1CC[C@H](CC(=O)NCc2ccc(Cl)cc2)N1CC1CC1. The lowest BCUT2D eigenvalue weighted by atomic mass is 10.1. The molecule has 1 heterocycles. The molecule has 3 rings (SSSR count). The standard InChI is InChI=1S/C20H29ClN4O2/c21-16-5-3-14(4-6-16)11-23-19(26)9-17-7-8-18(12-24-20(27)10-22)25(17)13-15-1-2-15/h3-6,15,17-18H,1-2,7-13,22H2,(H,23,26)(H,24,27)/t17-,18+/m1/s1. The minimum atomic E-state index is -0.120. The monoisotopic (exact) mass is 392 g/mol. The Kier molecular flexibility index (Phi) is 7.10. The van der Waals surface area contributed by atoms with Crippen LogP contribution in [0.25, 0.3) is 0 Å². The van der Waals surface area contributed by atoms with E-state index in [4.69, 9.17) is 17.3 Å². The van der Waals surface area contributed by atoms with Crippen LogP contribution in [0.2, 0.25) is 5.02 Å². The van der Waals surface area contributed by atoms with Crippen LogP contribution in [0.1, 0.15) is 37.7 Å². The summed E-state index contributed by atoms with van der Waals surface area (Å²) in [6.45, 7) is 2.18. The van der Waals surface area contributed by atoms with Crippen molar-refractivity contribution in [1.82, 2.24) is 15.5 Å². The van der Waals surface area contributed by atoms with Crippen molar-refractivity contribution in [3.63, 3.8) is 0 Å². The molecule has 0 unspecified atom stereocenters. The van der Waals surface area contributed by atoms with Gasteiger partial charge in [0, 0.05) is 43.2 Å². The van der Waals surface area contributed by atoms with Crippen LogP contribution in [0.15, 0.2) is 24.3 Å². The average molecular weight is 393 g/mol. The highest BCUT2D eigenvalue weighted by Crippen LogP contribution is 2.35. The molecule has 1 aliphatic carbocycles. The molecule has 27 heavy (non-hydrogen) atoms. The van der Waals surface area contributed by atoms with Gasteiger partial charge in [-0.2, -0.15) is 0 Å². The van der Waals surface area contributed by atoms with Gasteiger partial charge in [0.05, 0.1) is 6.54 Å². The summed E-state index contributed by atoms with van der Waals surface area (Å²) in [5, 5.41) is 6.61. The van der Waals surface area contributed by atoms with Gasteiger partial charge in [0.25, 0.3) is 0 Å². The summed E-state index contributed by atoms with van der Waals surface area (Å²) in [5.74, 6) is 0.698. The van der Waals surface area contributed by atoms with Gasteiger partial charge in [-0.25, -0.2) is 0 Å². The second-order valence-corrected chi connectivity index (χ2v) is 8.08. The van der Waals surface area contributed by atoms with Crippen LogP contribution in [-0.2, 0) is 16.1 Å². The minimum Gasteiger partial charge on any atom is -0.353 e. The molecule has 0 aromatic heterocycles. The summed E-state index contributed by atoms with van der Waals surface area (Å²) < 4.78 is 0. The smallest absolute Gasteiger partial charge is 0.233 e. The predicted octanol–water partition coefficient (Wildman–Crippen LogP) is 1.66. The molecule has 7 heteroatoms. The number of nitrogens with zero attached hydrogens (tertiary/aromatic N) is 1. The Morgan fingerprint density at radius 1 is 1.04 bits per heavy atom. The zero-order chi connectivity index (χ0) is 19.2. The molecule has 1 aromatic rings. The van der Waals surface area contributed by atoms with Gasteiger partial charge in [0.15, 0.2) is 0 Å². The van der Waals surface area contributed by atoms with Crippen LogP contribution in [0.3, 0.4) is 0 Å². The summed E-state index contributed by atoms with van der Waals surface area (Å²) in [7, 11) is 0. The second kappa shape index (κ2) is 9.53. The van der Waals surface area contributed by atoms with Crippen molar-refractivity contribution >= 4 is 23.4 Å². The quantitative estimate of drug-likeness (QED) is 0.596. The Bertz CT molecular complexity index is 648. The predicted molar refractivity (Wildman–Crippen MR) is 106 cm³/mol. The van der Waals surface area contributed by atoms with Gasteiger partial charge < -0.3 is 16.4 Å². The van der Waals surface area contributed by atoms with Crippen LogP contribution in [0, 0.1) is 5.92 Å². The van der Waals surface area contributed by atoms with Gasteiger partial charge in [0.1, 0.15) is 0 Å². The largest absolute Gasteiger partial charge is 0.353 e. The van der Waals surface area contributed by atoms with E-state index in [1.54, 1.807) is 0 Å². The van der Waals surface area contributed by atoms with Crippen LogP contribution in [0.4, 0.5) is 0 Å². The average Bonchev–Trinajstić information content (AvgIpc) is 3.41. The van der Waals surface area contributed by atoms with E-state index >= 15 is 0 Å². The first-order valence-electron chi connectivity index (χ1n) is 9.78. The number of amides is 2. The Balaban J connectivity index is 1.49. The molecule has 6 nitrogen and oxygen atoms in total. The van der Waals surface area contributed by atoms with E-state index in [9.17, 15) is 9.59 Å². The van der Waals surface area contributed by atoms with Crippen molar-refractivity contribution in [3.8, 4) is 0 Å². The van der Waals surface area contributed by atoms with E-state index in [1.165, 1.54) is 12.8 Å². The molecular weight excluding hydrogens is 364 g/mol. The number of benzene rings is 1. The Morgan fingerprint density at radius 3 is 2.41 bits per heavy atom. The molecule has 148 valence electrons. The number of likely N-dealkylation sites (tertiary alicyclic amines) is 1. The van der Waals surface area contributed by atoms with Crippen molar-refractivity contribution in [3.05, 3.63) is 34.9 Å². The number of hydrogen-bond acceptors (Lipinski definition) is 4. The van der Waals surface area contributed by atoms with Crippen LogP contribution in [0.5, 0.6) is 0 Å². The van der Waals surface area contributed by atoms with Gasteiger partial charge in [-0.15, -0.1) is 0 Å². The van der Waals surface area contributed by atoms with Gasteiger partial charge in [-0.1, -0.05) is 23.7 Å². The number of carbonyl (C=O) groups is 2. The fourth-order valence-electron chi connectivity index (χ4n) is 3.74. The Morgan fingerprint density at radius 2 is 1.74 bits per heavy atom. The molecule has 1 aromatic carbocycles. The van der Waals surface area contributed by atoms with E-state index in [0.29, 0.717) is 30.6 Å². The van der Waals surface area contributed by atoms with Crippen LogP contribution >= 0.6 is 11.6 Å². The summed E-state index contributed by atoms with van der Waals surface area (Å²) in [6.07, 6.45) is 5.04. The zero-order valence-electron chi connectivity index (χ0n) is 15.6. The normalized spacial score (nSPS) is 22.6. The third-order valence-electron chi connectivity index (χ3n) is 5.48. The lowest BCUT2D eigenvalue weighted by Gasteiger charge is -2.30. The fourth-order valence-corrected chi connectivity index (χ4v) is 3.87. The highest BCUT2D eigenvalue weighted by Gasteiger charge is 2.37. The minimum absolute atomic E-state index is 0.0197. The molecule has 1 aliphatic heterocycles. The second-order valence-electron chi connectivity index (χ2n) is 7.64. The first-order chi connectivity index (χ1) is 13.0. The van der Waals surface area contributed by atoms with Gasteiger partial charge >= 0.3 is 0 Å². The fraction of sp³-hybridized carbons (Fsp3) is 0.600. The molecule has 4 N–H and O–H groups in total. The van der Waals surface area contributed by atoms with Crippen molar-refractivity contribution in [2.24, 2.45) is 11.7 Å². The Labute approximate surface area is 165 Å². The Hall–Kier alpha value is -1.63. The third kappa shape index (κ3) is 6.19. The molecule has 1 saturated heterocycles. The number of carbonyl (C=O) groups excluding carboxylic acids is 2. The van der Waals surface area contributed by atoms with E-state index in [1.807, 2.05) is 24.3 Å². The third-order valence-corrected chi connectivity index (χ3v) is 5.73. The van der Waals surface area contributed by atoms with E-state index in [2.05, 4.69) is 15.5 Å². The van der Waals surface area contributed by atoms with Crippen molar-refractivity contribution in [2.75, 3.05) is 19.6 Å². The van der Waals surface area contributed by atoms with Crippen molar-refractivity contribution in [2.45, 2.75) is 50.7 Å². The molecule has 2 fully saturated rings. The maximum absolute atomic E-state index is 12.5. The van der Waals surface area contributed by atoms with Crippen molar-refractivity contribution in [1.29, 1.82) is 0 Å². The maximum Gasteiger partial charge on any atom is 0.233 e. The van der Waals surface area contributed by atoms with E-state index in [0.717, 1.165) is 30.9 Å². The molecule has 1 saturated carbocycles. The molecule has 0 spiro atoms. The molecule has 0 radical (unpaired) electrons. The zero-order valence-corrected chi connectivity index (χ0v) is 16.4. The van der Waals surface area contributed by atoms with Gasteiger partial charge in [-0.3, -0.25) is 14.5 Å². The number of nitrogens with two attached hydrogens (primary N) is 1. The van der Waals surface area contributed by atoms with E-state index < -0.39 is 0 Å². The van der Waals surface area contributed by atoms with Crippen molar-refractivity contribution < 1.29 is 9.59 Å². The molecule has 0 bridgehead atoms. The first kappa shape index (κ1) is 20.1. The lowest BCUT2D eigenvalue weighted by molar-refractivity contribution is -0.123. The topological polar surface area (TPSA) is 87.5 Å². The molecule has 2 aliphatic rings. The molecule has 2 atom stereocenters. The lowest BCUT2D eigenvalue weighted by Crippen LogP contribution is -2.46. The summed E-state index contributed by atoms with van der Waals surface area (Å²) in [4.78, 5) is 26.4. The maximum atomic E-state index is 12.5. The van der Waals surface area contributed by atoms with Gasteiger partial charge in [0.2, 0.25) is 11.8 Å². The summed E-state index contributed by atoms with van der Waals surface area (Å²) >= 11 is 5.89. The number of rotatable bonds is 9. The molecular formula is C20H29ClN4O2. The first-order valence-corrected chi connectivity index (χ1v) is 10.2. The van der Waals surface area contributed by atoms with Gasteiger partial charge in [-0.05, 0) is 49.3 Å². The number of hydrogen-bond donors (Lipinski definition) is 3. The molecule has 2 amide bonds. The highest BCUT2D eigenvalue weighted by atomic mass is 35.5. The van der Waals surface area contributed by atoms with E-state index in [-0.39, 0.29) is 24.4 Å². The highest BCUT2D eigenvalue weighted by molar-refractivity contribution is 6.30. The van der Waals surface area contributed by atoms with Crippen LogP contribution < -0.4 is 16.4 Å². The number of nitrogens with one attached hydrogen (secondary N) is 2.